The molecule has 2 heterocycles. The topological polar surface area (TPSA) is 60.7 Å². The Hall–Kier alpha value is -2.37. The average molecular weight is 405 g/mol. The number of aromatic nitrogens is 2. The van der Waals surface area contributed by atoms with E-state index in [9.17, 15) is 9.59 Å². The lowest BCUT2D eigenvalue weighted by atomic mass is 9.88. The Balaban J connectivity index is 1.79. The third-order valence-corrected chi connectivity index (χ3v) is 4.66. The lowest BCUT2D eigenvalue weighted by Crippen LogP contribution is -2.22. The summed E-state index contributed by atoms with van der Waals surface area (Å²) in [6.07, 6.45) is 1.50. The van der Waals surface area contributed by atoms with Gasteiger partial charge in [-0.1, -0.05) is 49.2 Å². The summed E-state index contributed by atoms with van der Waals surface area (Å²) in [6.45, 7) is 3.82. The van der Waals surface area contributed by atoms with E-state index in [1.54, 1.807) is 24.3 Å². The van der Waals surface area contributed by atoms with Crippen LogP contribution in [-0.2, 0) is 16.1 Å². The van der Waals surface area contributed by atoms with Crippen LogP contribution in [0, 0.1) is 5.92 Å². The highest BCUT2D eigenvalue weighted by atomic mass is 35.5. The van der Waals surface area contributed by atoms with Crippen LogP contribution in [0.1, 0.15) is 31.0 Å². The highest BCUT2D eigenvalue weighted by Gasteiger charge is 2.26. The Bertz CT molecular complexity index is 1030. The maximum Gasteiger partial charge on any atom is 0.314 e. The van der Waals surface area contributed by atoms with Crippen LogP contribution >= 0.6 is 23.2 Å². The summed E-state index contributed by atoms with van der Waals surface area (Å²) in [6, 6.07) is 11.8. The number of hydrogen-bond acceptors (Lipinski definition) is 4. The molecule has 0 N–H and O–H groups in total. The molecule has 1 atom stereocenters. The van der Waals surface area contributed by atoms with E-state index >= 15 is 0 Å². The van der Waals surface area contributed by atoms with Gasteiger partial charge in [0, 0.05) is 17.3 Å². The van der Waals surface area contributed by atoms with Gasteiger partial charge < -0.3 is 4.74 Å². The lowest BCUT2D eigenvalue weighted by Gasteiger charge is -2.20. The molecular weight excluding hydrogens is 387 g/mol. The highest BCUT2D eigenvalue weighted by Crippen LogP contribution is 2.27. The maximum absolute atomic E-state index is 12.7. The normalized spacial score (nSPS) is 12.3. The van der Waals surface area contributed by atoms with Crippen molar-refractivity contribution in [3.8, 4) is 0 Å². The van der Waals surface area contributed by atoms with Crippen molar-refractivity contribution >= 4 is 34.8 Å². The Morgan fingerprint density at radius 3 is 2.44 bits per heavy atom. The third-order valence-electron chi connectivity index (χ3n) is 4.19. The molecule has 2 aromatic heterocycles. The number of hydrogen-bond donors (Lipinski definition) is 0. The van der Waals surface area contributed by atoms with Gasteiger partial charge in [0.15, 0.2) is 0 Å². The van der Waals surface area contributed by atoms with Crippen molar-refractivity contribution in [2.24, 2.45) is 5.92 Å². The van der Waals surface area contributed by atoms with Crippen molar-refractivity contribution in [1.29, 1.82) is 0 Å². The molecule has 3 rings (SSSR count). The van der Waals surface area contributed by atoms with Crippen LogP contribution in [-0.4, -0.2) is 15.4 Å². The first kappa shape index (κ1) is 19.4. The van der Waals surface area contributed by atoms with Gasteiger partial charge in [-0.3, -0.25) is 14.0 Å². The molecule has 0 aliphatic rings. The second kappa shape index (κ2) is 8.11. The fraction of sp³-hybridized carbons (Fsp3) is 0.250. The van der Waals surface area contributed by atoms with Crippen molar-refractivity contribution in [2.45, 2.75) is 26.4 Å². The van der Waals surface area contributed by atoms with Gasteiger partial charge in [0.2, 0.25) is 0 Å². The molecule has 1 unspecified atom stereocenters. The zero-order valence-electron chi connectivity index (χ0n) is 14.9. The number of esters is 1. The van der Waals surface area contributed by atoms with Gasteiger partial charge in [-0.05, 0) is 35.7 Å². The molecule has 0 spiro atoms. The Labute approximate surface area is 166 Å². The number of nitrogens with zero attached hydrogens (tertiary/aromatic N) is 2. The SMILES string of the molecule is CC(C)C(C(=O)OCc1cc(=O)n2cc(Cl)ccc2n1)c1ccc(Cl)cc1. The molecule has 0 fully saturated rings. The molecule has 0 aliphatic carbocycles. The van der Waals surface area contributed by atoms with Gasteiger partial charge in [0.25, 0.3) is 5.56 Å². The van der Waals surface area contributed by atoms with E-state index in [4.69, 9.17) is 27.9 Å². The van der Waals surface area contributed by atoms with Gasteiger partial charge in [0.05, 0.1) is 16.6 Å². The fourth-order valence-corrected chi connectivity index (χ4v) is 3.18. The molecule has 7 heteroatoms. The first-order valence-corrected chi connectivity index (χ1v) is 9.20. The molecule has 0 aliphatic heterocycles. The van der Waals surface area contributed by atoms with E-state index < -0.39 is 5.92 Å². The molecule has 27 heavy (non-hydrogen) atoms. The van der Waals surface area contributed by atoms with Gasteiger partial charge >= 0.3 is 5.97 Å². The van der Waals surface area contributed by atoms with Crippen LogP contribution < -0.4 is 5.56 Å². The lowest BCUT2D eigenvalue weighted by molar-refractivity contribution is -0.148. The Morgan fingerprint density at radius 2 is 1.78 bits per heavy atom. The van der Waals surface area contributed by atoms with E-state index in [1.807, 2.05) is 26.0 Å². The molecule has 0 radical (unpaired) electrons. The van der Waals surface area contributed by atoms with Crippen LogP contribution in [0.25, 0.3) is 5.65 Å². The quantitative estimate of drug-likeness (QED) is 0.587. The van der Waals surface area contributed by atoms with Crippen molar-refractivity contribution < 1.29 is 9.53 Å². The van der Waals surface area contributed by atoms with E-state index in [0.717, 1.165) is 5.56 Å². The monoisotopic (exact) mass is 404 g/mol. The fourth-order valence-electron chi connectivity index (χ4n) is 2.90. The summed E-state index contributed by atoms with van der Waals surface area (Å²) in [5.41, 5.74) is 1.37. The maximum atomic E-state index is 12.7. The van der Waals surface area contributed by atoms with Crippen LogP contribution in [0.2, 0.25) is 10.0 Å². The minimum atomic E-state index is -0.428. The summed E-state index contributed by atoms with van der Waals surface area (Å²) >= 11 is 11.8. The van der Waals surface area contributed by atoms with Crippen LogP contribution in [0.4, 0.5) is 0 Å². The molecule has 0 saturated heterocycles. The van der Waals surface area contributed by atoms with Crippen molar-refractivity contribution in [2.75, 3.05) is 0 Å². The number of carbonyl (C=O) groups is 1. The van der Waals surface area contributed by atoms with Crippen LogP contribution in [0.5, 0.6) is 0 Å². The number of carbonyl (C=O) groups excluding carboxylic acids is 1. The minimum Gasteiger partial charge on any atom is -0.459 e. The molecular formula is C20H18Cl2N2O3. The molecule has 5 nitrogen and oxygen atoms in total. The molecule has 0 amide bonds. The summed E-state index contributed by atoms with van der Waals surface area (Å²) in [5, 5.41) is 1.05. The Kier molecular flexibility index (Phi) is 5.82. The predicted molar refractivity (Wildman–Crippen MR) is 105 cm³/mol. The Morgan fingerprint density at radius 1 is 1.11 bits per heavy atom. The number of rotatable bonds is 5. The zero-order valence-corrected chi connectivity index (χ0v) is 16.4. The molecule has 0 saturated carbocycles. The van der Waals surface area contributed by atoms with Gasteiger partial charge in [-0.25, -0.2) is 4.98 Å². The largest absolute Gasteiger partial charge is 0.459 e. The van der Waals surface area contributed by atoms with Crippen molar-refractivity contribution in [3.63, 3.8) is 0 Å². The highest BCUT2D eigenvalue weighted by molar-refractivity contribution is 6.30. The second-order valence-electron chi connectivity index (χ2n) is 6.54. The van der Waals surface area contributed by atoms with Gasteiger partial charge in [-0.2, -0.15) is 0 Å². The van der Waals surface area contributed by atoms with Gasteiger partial charge in [0.1, 0.15) is 12.3 Å². The second-order valence-corrected chi connectivity index (χ2v) is 7.42. The number of pyridine rings is 1. The smallest absolute Gasteiger partial charge is 0.314 e. The van der Waals surface area contributed by atoms with Crippen molar-refractivity contribution in [1.82, 2.24) is 9.38 Å². The zero-order chi connectivity index (χ0) is 19.6. The summed E-state index contributed by atoms with van der Waals surface area (Å²) in [4.78, 5) is 29.2. The summed E-state index contributed by atoms with van der Waals surface area (Å²) in [5.74, 6) is -0.760. The number of halogens is 2. The summed E-state index contributed by atoms with van der Waals surface area (Å²) < 4.78 is 6.80. The average Bonchev–Trinajstić information content (AvgIpc) is 2.62. The molecule has 3 aromatic rings. The van der Waals surface area contributed by atoms with E-state index in [1.165, 1.54) is 16.7 Å². The van der Waals surface area contributed by atoms with Crippen LogP contribution in [0.3, 0.4) is 0 Å². The molecule has 0 bridgehead atoms. The number of benzene rings is 1. The predicted octanol–water partition coefficient (Wildman–Crippen LogP) is 4.48. The standard InChI is InChI=1S/C20H18Cl2N2O3/c1-12(2)19(13-3-5-14(21)6-4-13)20(26)27-11-16-9-18(25)24-10-15(22)7-8-17(24)23-16/h3-10,12,19H,11H2,1-2H3. The summed E-state index contributed by atoms with van der Waals surface area (Å²) in [7, 11) is 0. The van der Waals surface area contributed by atoms with Crippen molar-refractivity contribution in [3.05, 3.63) is 80.3 Å². The van der Waals surface area contributed by atoms with E-state index in [0.29, 0.717) is 21.4 Å². The van der Waals surface area contributed by atoms with E-state index in [-0.39, 0.29) is 24.1 Å². The van der Waals surface area contributed by atoms with Gasteiger partial charge in [-0.15, -0.1) is 0 Å². The molecule has 140 valence electrons. The molecule has 1 aromatic carbocycles. The number of fused-ring (bicyclic) bond motifs is 1. The minimum absolute atomic E-state index is 0.0380. The van der Waals surface area contributed by atoms with E-state index in [2.05, 4.69) is 4.98 Å². The third kappa shape index (κ3) is 4.49. The first-order chi connectivity index (χ1) is 12.8. The van der Waals surface area contributed by atoms with Crippen LogP contribution in [0.15, 0.2) is 53.5 Å². The number of ether oxygens (including phenoxy) is 1. The first-order valence-electron chi connectivity index (χ1n) is 8.45.